The number of likely N-dealkylation sites (tertiary alicyclic amines) is 1. The Morgan fingerprint density at radius 2 is 2.04 bits per heavy atom. The monoisotopic (exact) mass is 352 g/mol. The Labute approximate surface area is 156 Å². The fraction of sp³-hybridized carbons (Fsp3) is 0.429. The number of nitrogens with zero attached hydrogens (tertiary/aromatic N) is 3. The van der Waals surface area contributed by atoms with Crippen LogP contribution >= 0.6 is 0 Å². The fourth-order valence-electron chi connectivity index (χ4n) is 3.55. The Morgan fingerprint density at radius 1 is 1.23 bits per heavy atom. The van der Waals surface area contributed by atoms with E-state index in [1.54, 1.807) is 6.20 Å². The lowest BCUT2D eigenvalue weighted by Gasteiger charge is -2.31. The molecular formula is C21H28N4O. The highest BCUT2D eigenvalue weighted by molar-refractivity contribution is 5.81. The van der Waals surface area contributed by atoms with Crippen LogP contribution in [0.5, 0.6) is 0 Å². The summed E-state index contributed by atoms with van der Waals surface area (Å²) >= 11 is 0. The van der Waals surface area contributed by atoms with Crippen LogP contribution in [0.2, 0.25) is 0 Å². The van der Waals surface area contributed by atoms with Crippen molar-refractivity contribution in [3.63, 3.8) is 0 Å². The quantitative estimate of drug-likeness (QED) is 0.868. The number of rotatable bonds is 6. The van der Waals surface area contributed by atoms with Crippen molar-refractivity contribution in [2.24, 2.45) is 0 Å². The van der Waals surface area contributed by atoms with Gasteiger partial charge in [0, 0.05) is 31.9 Å². The maximum Gasteiger partial charge on any atom is 0.237 e. The number of aromatic nitrogens is 1. The number of likely N-dealkylation sites (N-methyl/N-ethyl adjacent to an activating group) is 1. The Bertz CT molecular complexity index is 719. The van der Waals surface area contributed by atoms with Gasteiger partial charge in [-0.1, -0.05) is 42.8 Å². The van der Waals surface area contributed by atoms with Gasteiger partial charge in [0.2, 0.25) is 5.91 Å². The largest absolute Gasteiger partial charge is 0.355 e. The lowest BCUT2D eigenvalue weighted by Crippen LogP contribution is -2.47. The molecule has 5 nitrogen and oxygen atoms in total. The zero-order valence-corrected chi connectivity index (χ0v) is 15.7. The van der Waals surface area contributed by atoms with Crippen molar-refractivity contribution >= 4 is 11.7 Å². The molecule has 0 unspecified atom stereocenters. The van der Waals surface area contributed by atoms with Gasteiger partial charge in [-0.05, 0) is 38.1 Å². The summed E-state index contributed by atoms with van der Waals surface area (Å²) in [5.74, 6) is 1.03. The van der Waals surface area contributed by atoms with E-state index in [1.807, 2.05) is 44.4 Å². The highest BCUT2D eigenvalue weighted by Crippen LogP contribution is 2.19. The number of hydrogen-bond donors (Lipinski definition) is 1. The molecule has 5 heteroatoms. The smallest absolute Gasteiger partial charge is 0.237 e. The van der Waals surface area contributed by atoms with Crippen LogP contribution in [-0.2, 0) is 17.9 Å². The molecule has 138 valence electrons. The zero-order chi connectivity index (χ0) is 18.4. The van der Waals surface area contributed by atoms with Gasteiger partial charge in [0.05, 0.1) is 6.04 Å². The minimum Gasteiger partial charge on any atom is -0.355 e. The average Bonchev–Trinajstić information content (AvgIpc) is 2.67. The molecule has 0 bridgehead atoms. The van der Waals surface area contributed by atoms with E-state index in [9.17, 15) is 4.79 Å². The van der Waals surface area contributed by atoms with E-state index in [-0.39, 0.29) is 11.9 Å². The summed E-state index contributed by atoms with van der Waals surface area (Å²) in [5, 5.41) is 3.11. The highest BCUT2D eigenvalue weighted by Gasteiger charge is 2.25. The molecule has 0 spiro atoms. The summed E-state index contributed by atoms with van der Waals surface area (Å²) in [4.78, 5) is 21.4. The molecule has 3 rings (SSSR count). The number of nitrogens with one attached hydrogen (secondary N) is 1. The van der Waals surface area contributed by atoms with Crippen LogP contribution in [-0.4, -0.2) is 42.5 Å². The standard InChI is InChI=1S/C21H28N4O/c1-24-14-7-6-12-19(24)21(26)23-15-18-11-8-13-22-20(18)25(2)16-17-9-4-3-5-10-17/h3-5,8-11,13,19H,6-7,12,14-16H2,1-2H3,(H,23,26)/t19-/m1/s1. The molecule has 1 atom stereocenters. The second kappa shape index (κ2) is 8.81. The first kappa shape index (κ1) is 18.4. The SMILES string of the molecule is CN(Cc1ccccc1)c1ncccc1CNC(=O)[C@H]1CCCCN1C. The molecule has 1 N–H and O–H groups in total. The normalized spacial score (nSPS) is 17.7. The lowest BCUT2D eigenvalue weighted by atomic mass is 10.0. The Balaban J connectivity index is 1.64. The Hall–Kier alpha value is -2.40. The van der Waals surface area contributed by atoms with Crippen molar-refractivity contribution in [2.45, 2.75) is 38.4 Å². The van der Waals surface area contributed by atoms with E-state index in [1.165, 1.54) is 12.0 Å². The molecule has 0 radical (unpaired) electrons. The van der Waals surface area contributed by atoms with Gasteiger partial charge in [-0.3, -0.25) is 9.69 Å². The summed E-state index contributed by atoms with van der Waals surface area (Å²) in [6, 6.07) is 14.3. The fourth-order valence-corrected chi connectivity index (χ4v) is 3.55. The Morgan fingerprint density at radius 3 is 2.81 bits per heavy atom. The molecule has 1 saturated heterocycles. The maximum absolute atomic E-state index is 12.6. The first-order valence-electron chi connectivity index (χ1n) is 9.32. The lowest BCUT2D eigenvalue weighted by molar-refractivity contribution is -0.127. The van der Waals surface area contributed by atoms with E-state index in [0.717, 1.165) is 37.3 Å². The van der Waals surface area contributed by atoms with E-state index >= 15 is 0 Å². The topological polar surface area (TPSA) is 48.5 Å². The molecule has 1 fully saturated rings. The molecular weight excluding hydrogens is 324 g/mol. The predicted molar refractivity (Wildman–Crippen MR) is 105 cm³/mol. The number of amides is 1. The number of pyridine rings is 1. The van der Waals surface area contributed by atoms with E-state index in [0.29, 0.717) is 6.54 Å². The van der Waals surface area contributed by atoms with Crippen molar-refractivity contribution in [1.29, 1.82) is 0 Å². The molecule has 0 saturated carbocycles. The van der Waals surface area contributed by atoms with Crippen LogP contribution in [0.4, 0.5) is 5.82 Å². The average molecular weight is 352 g/mol. The van der Waals surface area contributed by atoms with Crippen LogP contribution < -0.4 is 10.2 Å². The van der Waals surface area contributed by atoms with E-state index in [4.69, 9.17) is 0 Å². The summed E-state index contributed by atoms with van der Waals surface area (Å²) < 4.78 is 0. The van der Waals surface area contributed by atoms with Crippen molar-refractivity contribution in [2.75, 3.05) is 25.5 Å². The minimum atomic E-state index is -0.00841. The molecule has 1 aromatic carbocycles. The van der Waals surface area contributed by atoms with Crippen LogP contribution in [0.1, 0.15) is 30.4 Å². The number of carbonyl (C=O) groups excluding carboxylic acids is 1. The molecule has 1 amide bonds. The molecule has 1 aliphatic rings. The summed E-state index contributed by atoms with van der Waals surface area (Å²) in [7, 11) is 4.07. The molecule has 1 aliphatic heterocycles. The number of piperidine rings is 1. The van der Waals surface area contributed by atoms with Gasteiger partial charge in [-0.15, -0.1) is 0 Å². The third kappa shape index (κ3) is 4.61. The van der Waals surface area contributed by atoms with Crippen molar-refractivity contribution in [1.82, 2.24) is 15.2 Å². The number of anilines is 1. The number of carbonyl (C=O) groups is 1. The van der Waals surface area contributed by atoms with Crippen molar-refractivity contribution in [3.05, 3.63) is 59.8 Å². The third-order valence-corrected chi connectivity index (χ3v) is 5.02. The highest BCUT2D eigenvalue weighted by atomic mass is 16.2. The minimum absolute atomic E-state index is 0.00841. The molecule has 26 heavy (non-hydrogen) atoms. The molecule has 1 aromatic heterocycles. The first-order valence-corrected chi connectivity index (χ1v) is 9.32. The van der Waals surface area contributed by atoms with Crippen LogP contribution in [0.15, 0.2) is 48.7 Å². The molecule has 0 aliphatic carbocycles. The molecule has 2 aromatic rings. The van der Waals surface area contributed by atoms with Crippen LogP contribution in [0.25, 0.3) is 0 Å². The summed E-state index contributed by atoms with van der Waals surface area (Å²) in [6.45, 7) is 2.28. The van der Waals surface area contributed by atoms with Gasteiger partial charge >= 0.3 is 0 Å². The van der Waals surface area contributed by atoms with Gasteiger partial charge in [0.15, 0.2) is 0 Å². The van der Waals surface area contributed by atoms with Gasteiger partial charge < -0.3 is 10.2 Å². The van der Waals surface area contributed by atoms with Crippen LogP contribution in [0.3, 0.4) is 0 Å². The second-order valence-electron chi connectivity index (χ2n) is 7.04. The van der Waals surface area contributed by atoms with Crippen molar-refractivity contribution in [3.8, 4) is 0 Å². The second-order valence-corrected chi connectivity index (χ2v) is 7.04. The van der Waals surface area contributed by atoms with Crippen molar-refractivity contribution < 1.29 is 4.79 Å². The van der Waals surface area contributed by atoms with Gasteiger partial charge in [0.25, 0.3) is 0 Å². The van der Waals surface area contributed by atoms with Crippen LogP contribution in [0, 0.1) is 0 Å². The van der Waals surface area contributed by atoms with Gasteiger partial charge in [-0.2, -0.15) is 0 Å². The third-order valence-electron chi connectivity index (χ3n) is 5.02. The number of benzene rings is 1. The number of hydrogen-bond acceptors (Lipinski definition) is 4. The molecule has 2 heterocycles. The van der Waals surface area contributed by atoms with E-state index < -0.39 is 0 Å². The maximum atomic E-state index is 12.6. The first-order chi connectivity index (χ1) is 12.6. The predicted octanol–water partition coefficient (Wildman–Crippen LogP) is 2.82. The Kier molecular flexibility index (Phi) is 6.23. The summed E-state index contributed by atoms with van der Waals surface area (Å²) in [6.07, 6.45) is 5.05. The van der Waals surface area contributed by atoms with Gasteiger partial charge in [0.1, 0.15) is 5.82 Å². The van der Waals surface area contributed by atoms with Gasteiger partial charge in [-0.25, -0.2) is 4.98 Å². The van der Waals surface area contributed by atoms with E-state index in [2.05, 4.69) is 32.2 Å². The zero-order valence-electron chi connectivity index (χ0n) is 15.7. The summed E-state index contributed by atoms with van der Waals surface area (Å²) in [5.41, 5.74) is 2.28.